The van der Waals surface area contributed by atoms with Crippen LogP contribution in [0.4, 0.5) is 0 Å². The number of rotatable bonds is 9. The lowest BCUT2D eigenvalue weighted by Gasteiger charge is -2.09. The van der Waals surface area contributed by atoms with Crippen LogP contribution in [0.1, 0.15) is 45.1 Å². The molecule has 0 heterocycles. The van der Waals surface area contributed by atoms with Crippen molar-refractivity contribution < 1.29 is 29.3 Å². The quantitative estimate of drug-likeness (QED) is 0.236. The second-order valence-electron chi connectivity index (χ2n) is 5.28. The van der Waals surface area contributed by atoms with Gasteiger partial charge in [-0.3, -0.25) is 0 Å². The predicted molar refractivity (Wildman–Crippen MR) is 89.5 cm³/mol. The van der Waals surface area contributed by atoms with E-state index in [1.165, 1.54) is 18.2 Å². The van der Waals surface area contributed by atoms with Gasteiger partial charge in [-0.1, -0.05) is 26.7 Å². The number of benzene rings is 1. The molecule has 0 saturated heterocycles. The van der Waals surface area contributed by atoms with Gasteiger partial charge in [0, 0.05) is 11.6 Å². The lowest BCUT2D eigenvalue weighted by Crippen LogP contribution is -2.19. The zero-order valence-corrected chi connectivity index (χ0v) is 14.1. The summed E-state index contributed by atoms with van der Waals surface area (Å²) in [7, 11) is 0. The van der Waals surface area contributed by atoms with Crippen LogP contribution in [0.2, 0.25) is 0 Å². The highest BCUT2D eigenvalue weighted by atomic mass is 16.6. The van der Waals surface area contributed by atoms with Gasteiger partial charge in [-0.25, -0.2) is 9.59 Å². The molecule has 1 rings (SSSR count). The van der Waals surface area contributed by atoms with Gasteiger partial charge in [0.2, 0.25) is 0 Å². The van der Waals surface area contributed by atoms with Crippen LogP contribution in [0, 0.1) is 0 Å². The number of hydrogen-bond acceptors (Lipinski definition) is 6. The first kappa shape index (κ1) is 19.5. The first-order chi connectivity index (χ1) is 11.5. The normalized spacial score (nSPS) is 10.1. The number of phenolic OH excluding ortho intramolecular Hbond substituents is 2. The molecule has 0 bridgehead atoms. The minimum atomic E-state index is -0.794. The molecule has 0 aromatic heterocycles. The van der Waals surface area contributed by atoms with Crippen molar-refractivity contribution in [2.45, 2.75) is 39.5 Å². The van der Waals surface area contributed by atoms with E-state index in [0.29, 0.717) is 12.8 Å². The van der Waals surface area contributed by atoms with Crippen molar-refractivity contribution in [2.24, 2.45) is 0 Å². The van der Waals surface area contributed by atoms with Crippen LogP contribution < -0.4 is 0 Å². The van der Waals surface area contributed by atoms with E-state index in [4.69, 9.17) is 9.47 Å². The molecule has 0 unspecified atom stereocenters. The first-order valence-corrected chi connectivity index (χ1v) is 8.07. The van der Waals surface area contributed by atoms with Crippen molar-refractivity contribution in [3.8, 4) is 11.5 Å². The Morgan fingerprint density at radius 3 is 2.00 bits per heavy atom. The summed E-state index contributed by atoms with van der Waals surface area (Å²) in [5.41, 5.74) is -0.0779. The van der Waals surface area contributed by atoms with E-state index in [1.54, 1.807) is 0 Å². The zero-order valence-electron chi connectivity index (χ0n) is 14.1. The fraction of sp³-hybridized carbons (Fsp3) is 0.444. The fourth-order valence-corrected chi connectivity index (χ4v) is 1.78. The van der Waals surface area contributed by atoms with Gasteiger partial charge in [-0.15, -0.1) is 0 Å². The molecule has 6 nitrogen and oxygen atoms in total. The third-order valence-electron chi connectivity index (χ3n) is 3.22. The van der Waals surface area contributed by atoms with Gasteiger partial charge in [0.1, 0.15) is 17.1 Å². The van der Waals surface area contributed by atoms with Crippen LogP contribution in [0.5, 0.6) is 11.5 Å². The van der Waals surface area contributed by atoms with E-state index < -0.39 is 11.9 Å². The third-order valence-corrected chi connectivity index (χ3v) is 3.22. The number of esters is 2. The number of hydrogen-bond donors (Lipinski definition) is 2. The van der Waals surface area contributed by atoms with Crippen molar-refractivity contribution in [3.63, 3.8) is 0 Å². The van der Waals surface area contributed by atoms with Crippen LogP contribution in [-0.4, -0.2) is 35.4 Å². The molecule has 0 saturated carbocycles. The Bertz CT molecular complexity index is 567. The average Bonchev–Trinajstić information content (AvgIpc) is 2.54. The summed E-state index contributed by atoms with van der Waals surface area (Å²) < 4.78 is 10.1. The zero-order chi connectivity index (χ0) is 17.9. The molecule has 6 heteroatoms. The number of carbonyl (C=O) groups is 2. The standard InChI is InChI=1S/C18H24O6/c1-3-5-9-23-17(21)15(18(22)24-10-6-4-2)11-13-7-8-14(19)12-16(13)20/h7-8,11-12,19-20H,3-6,9-10H2,1-2H3. The van der Waals surface area contributed by atoms with E-state index in [0.717, 1.165) is 18.9 Å². The van der Waals surface area contributed by atoms with Crippen LogP contribution in [0.3, 0.4) is 0 Å². The Balaban J connectivity index is 3.00. The lowest BCUT2D eigenvalue weighted by atomic mass is 10.1. The molecule has 1 aromatic rings. The lowest BCUT2D eigenvalue weighted by molar-refractivity contribution is -0.147. The van der Waals surface area contributed by atoms with Gasteiger partial charge in [-0.05, 0) is 31.1 Å². The smallest absolute Gasteiger partial charge is 0.345 e. The summed E-state index contributed by atoms with van der Waals surface area (Å²) in [5, 5.41) is 19.1. The van der Waals surface area contributed by atoms with Crippen LogP contribution in [0.15, 0.2) is 23.8 Å². The third kappa shape index (κ3) is 6.32. The number of aromatic hydroxyl groups is 2. The van der Waals surface area contributed by atoms with Crippen molar-refractivity contribution >= 4 is 18.0 Å². The second-order valence-corrected chi connectivity index (χ2v) is 5.28. The van der Waals surface area contributed by atoms with Crippen LogP contribution in [-0.2, 0) is 19.1 Å². The van der Waals surface area contributed by atoms with E-state index in [-0.39, 0.29) is 35.8 Å². The van der Waals surface area contributed by atoms with E-state index >= 15 is 0 Å². The molecule has 132 valence electrons. The van der Waals surface area contributed by atoms with Gasteiger partial charge in [0.25, 0.3) is 0 Å². The van der Waals surface area contributed by atoms with Crippen molar-refractivity contribution in [1.29, 1.82) is 0 Å². The molecule has 2 N–H and O–H groups in total. The van der Waals surface area contributed by atoms with E-state index in [2.05, 4.69) is 0 Å². The molecular formula is C18H24O6. The summed E-state index contributed by atoms with van der Waals surface area (Å²) >= 11 is 0. The fourth-order valence-electron chi connectivity index (χ4n) is 1.78. The highest BCUT2D eigenvalue weighted by molar-refractivity contribution is 6.17. The molecule has 1 aromatic carbocycles. The van der Waals surface area contributed by atoms with Gasteiger partial charge < -0.3 is 19.7 Å². The Kier molecular flexibility index (Phi) is 8.39. The largest absolute Gasteiger partial charge is 0.508 e. The number of phenols is 2. The molecule has 0 spiro atoms. The summed E-state index contributed by atoms with van der Waals surface area (Å²) in [6, 6.07) is 3.85. The Morgan fingerprint density at radius 2 is 1.54 bits per heavy atom. The van der Waals surface area contributed by atoms with E-state index in [1.807, 2.05) is 13.8 Å². The van der Waals surface area contributed by atoms with Crippen molar-refractivity contribution in [1.82, 2.24) is 0 Å². The highest BCUT2D eigenvalue weighted by Crippen LogP contribution is 2.25. The Labute approximate surface area is 141 Å². The first-order valence-electron chi connectivity index (χ1n) is 8.07. The van der Waals surface area contributed by atoms with Crippen molar-refractivity contribution in [3.05, 3.63) is 29.3 Å². The topological polar surface area (TPSA) is 93.1 Å². The van der Waals surface area contributed by atoms with Crippen LogP contribution >= 0.6 is 0 Å². The average molecular weight is 336 g/mol. The Morgan fingerprint density at radius 1 is 1.00 bits per heavy atom. The molecular weight excluding hydrogens is 312 g/mol. The molecule has 0 amide bonds. The maximum atomic E-state index is 12.2. The molecule has 0 fully saturated rings. The molecule has 0 aliphatic rings. The molecule has 24 heavy (non-hydrogen) atoms. The molecule has 0 aliphatic heterocycles. The highest BCUT2D eigenvalue weighted by Gasteiger charge is 2.22. The molecule has 0 aliphatic carbocycles. The summed E-state index contributed by atoms with van der Waals surface area (Å²) in [5.74, 6) is -1.97. The second kappa shape index (κ2) is 10.3. The monoisotopic (exact) mass is 336 g/mol. The predicted octanol–water partition coefficient (Wildman–Crippen LogP) is 3.17. The minimum absolute atomic E-state index is 0.123. The Hall–Kier alpha value is -2.50. The number of ether oxygens (including phenoxy) is 2. The molecule has 0 radical (unpaired) electrons. The minimum Gasteiger partial charge on any atom is -0.508 e. The van der Waals surface area contributed by atoms with Gasteiger partial charge >= 0.3 is 11.9 Å². The van der Waals surface area contributed by atoms with Gasteiger partial charge in [0.15, 0.2) is 0 Å². The SMILES string of the molecule is CCCCOC(=O)C(=Cc1ccc(O)cc1O)C(=O)OCCCC. The van der Waals surface area contributed by atoms with Crippen molar-refractivity contribution in [2.75, 3.05) is 13.2 Å². The summed E-state index contributed by atoms with van der Waals surface area (Å²) in [6.45, 7) is 4.32. The van der Waals surface area contributed by atoms with Gasteiger partial charge in [0.05, 0.1) is 13.2 Å². The van der Waals surface area contributed by atoms with Gasteiger partial charge in [-0.2, -0.15) is 0 Å². The maximum Gasteiger partial charge on any atom is 0.345 e. The maximum absolute atomic E-state index is 12.2. The summed E-state index contributed by atoms with van der Waals surface area (Å²) in [6.07, 6.45) is 4.29. The molecule has 0 atom stereocenters. The van der Waals surface area contributed by atoms with Crippen LogP contribution in [0.25, 0.3) is 6.08 Å². The summed E-state index contributed by atoms with van der Waals surface area (Å²) in [4.78, 5) is 24.3. The van der Waals surface area contributed by atoms with E-state index in [9.17, 15) is 19.8 Å². The number of carbonyl (C=O) groups excluding carboxylic acids is 2. The number of unbranched alkanes of at least 4 members (excludes halogenated alkanes) is 2.